The van der Waals surface area contributed by atoms with E-state index in [1.54, 1.807) is 4.90 Å². The first-order valence-electron chi connectivity index (χ1n) is 7.57. The summed E-state index contributed by atoms with van der Waals surface area (Å²) in [5.74, 6) is -0.602. The van der Waals surface area contributed by atoms with E-state index in [1.165, 1.54) is 13.0 Å². The molecule has 0 radical (unpaired) electrons. The minimum absolute atomic E-state index is 0.00721. The first kappa shape index (κ1) is 20.3. The second-order valence-corrected chi connectivity index (χ2v) is 5.76. The number of amides is 2. The number of nitrogens with one attached hydrogen (secondary N) is 1. The lowest BCUT2D eigenvalue weighted by atomic mass is 10.2. The molecule has 0 aromatic heterocycles. The summed E-state index contributed by atoms with van der Waals surface area (Å²) >= 11 is 5.53. The largest absolute Gasteiger partial charge is 0.417 e. The van der Waals surface area contributed by atoms with Gasteiger partial charge in [-0.15, -0.1) is 0 Å². The molecule has 1 rings (SSSR count). The average molecular weight is 365 g/mol. The highest BCUT2D eigenvalue weighted by atomic mass is 35.5. The number of benzene rings is 1. The standard InChI is InChI=1S/C16H20ClF3N2O2/c1-3-4-8-22(11(2)23)9-7-15(24)21-12-5-6-14(17)13(10-12)16(18,19)20/h5-6,10H,3-4,7-9H2,1-2H3,(H,21,24). The van der Waals surface area contributed by atoms with Crippen molar-refractivity contribution < 1.29 is 22.8 Å². The van der Waals surface area contributed by atoms with Crippen LogP contribution >= 0.6 is 11.6 Å². The quantitative estimate of drug-likeness (QED) is 0.782. The number of carbonyl (C=O) groups excluding carboxylic acids is 2. The third kappa shape index (κ3) is 6.39. The molecule has 0 aliphatic rings. The lowest BCUT2D eigenvalue weighted by Crippen LogP contribution is -2.32. The Morgan fingerprint density at radius 1 is 1.25 bits per heavy atom. The van der Waals surface area contributed by atoms with Crippen molar-refractivity contribution in [1.29, 1.82) is 0 Å². The molecule has 0 saturated carbocycles. The van der Waals surface area contributed by atoms with Gasteiger partial charge in [-0.2, -0.15) is 13.2 Å². The van der Waals surface area contributed by atoms with Gasteiger partial charge in [0, 0.05) is 32.1 Å². The van der Waals surface area contributed by atoms with Crippen LogP contribution in [0.2, 0.25) is 5.02 Å². The summed E-state index contributed by atoms with van der Waals surface area (Å²) in [6.45, 7) is 4.19. The fraction of sp³-hybridized carbons (Fsp3) is 0.500. The number of hydrogen-bond acceptors (Lipinski definition) is 2. The van der Waals surface area contributed by atoms with E-state index in [0.717, 1.165) is 25.0 Å². The molecule has 0 aliphatic heterocycles. The second kappa shape index (κ2) is 8.92. The molecule has 24 heavy (non-hydrogen) atoms. The van der Waals surface area contributed by atoms with Crippen LogP contribution in [0.1, 0.15) is 38.7 Å². The third-order valence-corrected chi connectivity index (χ3v) is 3.72. The highest BCUT2D eigenvalue weighted by Gasteiger charge is 2.33. The first-order valence-corrected chi connectivity index (χ1v) is 7.95. The minimum atomic E-state index is -4.59. The topological polar surface area (TPSA) is 49.4 Å². The summed E-state index contributed by atoms with van der Waals surface area (Å²) in [5, 5.41) is 1.97. The van der Waals surface area contributed by atoms with Gasteiger partial charge in [0.15, 0.2) is 0 Å². The molecule has 0 saturated heterocycles. The number of rotatable bonds is 7. The van der Waals surface area contributed by atoms with Crippen LogP contribution in [0.25, 0.3) is 0 Å². The molecule has 4 nitrogen and oxygen atoms in total. The lowest BCUT2D eigenvalue weighted by molar-refractivity contribution is -0.137. The second-order valence-electron chi connectivity index (χ2n) is 5.35. The van der Waals surface area contributed by atoms with E-state index in [2.05, 4.69) is 5.32 Å². The van der Waals surface area contributed by atoms with Crippen LogP contribution in [-0.4, -0.2) is 29.8 Å². The smallest absolute Gasteiger partial charge is 0.342 e. The molecule has 0 unspecified atom stereocenters. The van der Waals surface area contributed by atoms with E-state index >= 15 is 0 Å². The molecular formula is C16H20ClF3N2O2. The van der Waals surface area contributed by atoms with Crippen molar-refractivity contribution in [2.24, 2.45) is 0 Å². The zero-order valence-electron chi connectivity index (χ0n) is 13.5. The van der Waals surface area contributed by atoms with Gasteiger partial charge in [-0.3, -0.25) is 9.59 Å². The Morgan fingerprint density at radius 3 is 2.46 bits per heavy atom. The summed E-state index contributed by atoms with van der Waals surface area (Å²) in [7, 11) is 0. The summed E-state index contributed by atoms with van der Waals surface area (Å²) in [6, 6.07) is 3.18. The SMILES string of the molecule is CCCCN(CCC(=O)Nc1ccc(Cl)c(C(F)(F)F)c1)C(C)=O. The highest BCUT2D eigenvalue weighted by molar-refractivity contribution is 6.31. The number of nitrogens with zero attached hydrogens (tertiary/aromatic N) is 1. The van der Waals surface area contributed by atoms with Crippen molar-refractivity contribution in [1.82, 2.24) is 4.90 Å². The van der Waals surface area contributed by atoms with E-state index in [0.29, 0.717) is 6.54 Å². The number of anilines is 1. The van der Waals surface area contributed by atoms with Crippen LogP contribution < -0.4 is 5.32 Å². The van der Waals surface area contributed by atoms with E-state index < -0.39 is 22.7 Å². The van der Waals surface area contributed by atoms with Crippen LogP contribution in [0.15, 0.2) is 18.2 Å². The maximum atomic E-state index is 12.8. The van der Waals surface area contributed by atoms with E-state index in [-0.39, 0.29) is 24.6 Å². The summed E-state index contributed by atoms with van der Waals surface area (Å²) in [5.41, 5.74) is -0.991. The number of alkyl halides is 3. The molecule has 1 aromatic rings. The van der Waals surface area contributed by atoms with Gasteiger partial charge >= 0.3 is 6.18 Å². The van der Waals surface area contributed by atoms with Gasteiger partial charge in [-0.25, -0.2) is 0 Å². The van der Waals surface area contributed by atoms with Crippen molar-refractivity contribution in [3.8, 4) is 0 Å². The molecule has 2 amide bonds. The fourth-order valence-electron chi connectivity index (χ4n) is 2.06. The van der Waals surface area contributed by atoms with Crippen molar-refractivity contribution in [2.45, 2.75) is 39.3 Å². The van der Waals surface area contributed by atoms with Gasteiger partial charge in [-0.1, -0.05) is 24.9 Å². The van der Waals surface area contributed by atoms with Gasteiger partial charge in [0.1, 0.15) is 0 Å². The Bertz CT molecular complexity index is 591. The van der Waals surface area contributed by atoms with E-state index in [9.17, 15) is 22.8 Å². The molecule has 0 aliphatic carbocycles. The Labute approximate surface area is 144 Å². The Kier molecular flexibility index (Phi) is 7.54. The lowest BCUT2D eigenvalue weighted by Gasteiger charge is -2.20. The van der Waals surface area contributed by atoms with Crippen LogP contribution in [0.4, 0.5) is 18.9 Å². The maximum absolute atomic E-state index is 12.8. The molecule has 134 valence electrons. The molecule has 8 heteroatoms. The van der Waals surface area contributed by atoms with Gasteiger partial charge in [-0.05, 0) is 24.6 Å². The van der Waals surface area contributed by atoms with Crippen LogP contribution in [-0.2, 0) is 15.8 Å². The summed E-state index contributed by atoms with van der Waals surface area (Å²) < 4.78 is 38.4. The fourth-order valence-corrected chi connectivity index (χ4v) is 2.28. The van der Waals surface area contributed by atoms with Crippen LogP contribution in [0.5, 0.6) is 0 Å². The number of hydrogen-bond donors (Lipinski definition) is 1. The molecule has 0 atom stereocenters. The van der Waals surface area contributed by atoms with Gasteiger partial charge in [0.25, 0.3) is 0 Å². The Morgan fingerprint density at radius 2 is 1.92 bits per heavy atom. The average Bonchev–Trinajstić information content (AvgIpc) is 2.47. The third-order valence-electron chi connectivity index (χ3n) is 3.39. The first-order chi connectivity index (χ1) is 11.1. The van der Waals surface area contributed by atoms with E-state index in [4.69, 9.17) is 11.6 Å². The predicted octanol–water partition coefficient (Wildman–Crippen LogP) is 4.34. The minimum Gasteiger partial charge on any atom is -0.342 e. The molecule has 1 N–H and O–H groups in total. The number of unbranched alkanes of at least 4 members (excludes halogenated alkanes) is 1. The van der Waals surface area contributed by atoms with Crippen LogP contribution in [0.3, 0.4) is 0 Å². The predicted molar refractivity (Wildman–Crippen MR) is 86.9 cm³/mol. The molecule has 0 fully saturated rings. The van der Waals surface area contributed by atoms with Gasteiger partial charge in [0.2, 0.25) is 11.8 Å². The maximum Gasteiger partial charge on any atom is 0.417 e. The van der Waals surface area contributed by atoms with Crippen molar-refractivity contribution in [3.05, 3.63) is 28.8 Å². The summed E-state index contributed by atoms with van der Waals surface area (Å²) in [4.78, 5) is 24.9. The number of halogens is 4. The normalized spacial score (nSPS) is 11.2. The van der Waals surface area contributed by atoms with Crippen LogP contribution in [0, 0.1) is 0 Å². The molecule has 0 spiro atoms. The van der Waals surface area contributed by atoms with Crippen molar-refractivity contribution >= 4 is 29.1 Å². The molecular weight excluding hydrogens is 345 g/mol. The number of carbonyl (C=O) groups is 2. The zero-order chi connectivity index (χ0) is 18.3. The zero-order valence-corrected chi connectivity index (χ0v) is 14.3. The highest BCUT2D eigenvalue weighted by Crippen LogP contribution is 2.36. The van der Waals surface area contributed by atoms with Gasteiger partial charge in [0.05, 0.1) is 10.6 Å². The van der Waals surface area contributed by atoms with E-state index in [1.807, 2.05) is 6.92 Å². The molecule has 0 bridgehead atoms. The monoisotopic (exact) mass is 364 g/mol. The molecule has 0 heterocycles. The van der Waals surface area contributed by atoms with Gasteiger partial charge < -0.3 is 10.2 Å². The van der Waals surface area contributed by atoms with Crippen molar-refractivity contribution in [3.63, 3.8) is 0 Å². The Balaban J connectivity index is 2.66. The van der Waals surface area contributed by atoms with Crippen molar-refractivity contribution in [2.75, 3.05) is 18.4 Å². The Hall–Kier alpha value is -1.76. The molecule has 1 aromatic carbocycles. The summed E-state index contributed by atoms with van der Waals surface area (Å²) in [6.07, 6.45) is -2.84.